The summed E-state index contributed by atoms with van der Waals surface area (Å²) in [7, 11) is 3.84. The molecule has 0 fully saturated rings. The Morgan fingerprint density at radius 1 is 1.31 bits per heavy atom. The van der Waals surface area contributed by atoms with Crippen molar-refractivity contribution in [1.29, 1.82) is 0 Å². The number of halogens is 2. The van der Waals surface area contributed by atoms with Crippen LogP contribution in [0, 0.1) is 0 Å². The van der Waals surface area contributed by atoms with Gasteiger partial charge in [0.25, 0.3) is 0 Å². The zero-order valence-electron chi connectivity index (χ0n) is 15.3. The summed E-state index contributed by atoms with van der Waals surface area (Å²) >= 11 is 13.5. The maximum absolute atomic E-state index is 12.1. The Kier molecular flexibility index (Phi) is 7.61. The molecule has 1 aromatic heterocycles. The topological polar surface area (TPSA) is 63.1 Å². The lowest BCUT2D eigenvalue weighted by molar-refractivity contribution is -0.118. The summed E-state index contributed by atoms with van der Waals surface area (Å²) < 4.78 is 2.02. The predicted octanol–water partition coefficient (Wildman–Crippen LogP) is 3.68. The summed E-state index contributed by atoms with van der Waals surface area (Å²) in [5.41, 5.74) is 0.919. The van der Waals surface area contributed by atoms with Gasteiger partial charge in [-0.15, -0.1) is 10.2 Å². The monoisotopic (exact) mass is 415 g/mol. The van der Waals surface area contributed by atoms with Crippen molar-refractivity contribution < 1.29 is 4.79 Å². The Labute approximate surface area is 168 Å². The molecule has 0 radical (unpaired) electrons. The summed E-state index contributed by atoms with van der Waals surface area (Å²) in [6, 6.07) is 5.71. The molecule has 0 saturated heterocycles. The molecule has 1 aromatic carbocycles. The van der Waals surface area contributed by atoms with E-state index in [9.17, 15) is 4.79 Å². The van der Waals surface area contributed by atoms with Gasteiger partial charge in [0.2, 0.25) is 11.9 Å². The highest BCUT2D eigenvalue weighted by Gasteiger charge is 2.17. The van der Waals surface area contributed by atoms with Gasteiger partial charge in [0.05, 0.1) is 15.8 Å². The first-order valence-electron chi connectivity index (χ1n) is 8.25. The van der Waals surface area contributed by atoms with Crippen LogP contribution in [0.3, 0.4) is 0 Å². The zero-order valence-corrected chi connectivity index (χ0v) is 17.6. The number of rotatable bonds is 8. The number of carbonyl (C=O) groups is 1. The number of amides is 1. The van der Waals surface area contributed by atoms with E-state index in [0.717, 1.165) is 16.7 Å². The average molecular weight is 416 g/mol. The van der Waals surface area contributed by atoms with Crippen LogP contribution in [0.5, 0.6) is 0 Å². The molecule has 0 bridgehead atoms. The van der Waals surface area contributed by atoms with Crippen LogP contribution >= 0.6 is 35.0 Å². The average Bonchev–Trinajstić information content (AvgIpc) is 3.01. The van der Waals surface area contributed by atoms with Crippen LogP contribution in [-0.2, 0) is 11.2 Å². The highest BCUT2D eigenvalue weighted by molar-refractivity contribution is 7.99. The first-order valence-corrected chi connectivity index (χ1v) is 10.00. The fourth-order valence-corrected chi connectivity index (χ4v) is 3.69. The van der Waals surface area contributed by atoms with E-state index in [1.807, 2.05) is 35.7 Å². The summed E-state index contributed by atoms with van der Waals surface area (Å²) in [5.74, 6) is 0.998. The van der Waals surface area contributed by atoms with E-state index in [0.29, 0.717) is 23.0 Å². The molecule has 0 aliphatic rings. The van der Waals surface area contributed by atoms with Gasteiger partial charge in [-0.1, -0.05) is 47.1 Å². The summed E-state index contributed by atoms with van der Waals surface area (Å²) in [4.78, 5) is 14.0. The SMILES string of the molecule is CC(C)n1c(SCC(=O)NCCc2cccc(Cl)c2Cl)nnc1N(C)C. The molecule has 2 aromatic rings. The number of hydrogen-bond acceptors (Lipinski definition) is 5. The minimum Gasteiger partial charge on any atom is -0.355 e. The second-order valence-electron chi connectivity index (χ2n) is 6.24. The van der Waals surface area contributed by atoms with Crippen LogP contribution in [0.2, 0.25) is 10.0 Å². The Morgan fingerprint density at radius 2 is 2.04 bits per heavy atom. The van der Waals surface area contributed by atoms with Gasteiger partial charge in [-0.05, 0) is 31.9 Å². The van der Waals surface area contributed by atoms with Gasteiger partial charge in [0.1, 0.15) is 0 Å². The van der Waals surface area contributed by atoms with E-state index in [2.05, 4.69) is 29.4 Å². The van der Waals surface area contributed by atoms with Crippen LogP contribution in [0.15, 0.2) is 23.4 Å². The molecule has 0 saturated carbocycles. The molecule has 0 aliphatic carbocycles. The number of aromatic nitrogens is 3. The molecule has 9 heteroatoms. The zero-order chi connectivity index (χ0) is 19.3. The molecule has 0 spiro atoms. The number of carbonyl (C=O) groups excluding carboxylic acids is 1. The molecule has 2 rings (SSSR count). The number of nitrogens with zero attached hydrogens (tertiary/aromatic N) is 4. The summed E-state index contributed by atoms with van der Waals surface area (Å²) in [6.07, 6.45) is 0.628. The third-order valence-electron chi connectivity index (χ3n) is 3.64. The maximum Gasteiger partial charge on any atom is 0.230 e. The second kappa shape index (κ2) is 9.48. The molecule has 1 amide bonds. The van der Waals surface area contributed by atoms with Crippen molar-refractivity contribution in [2.75, 3.05) is 31.3 Å². The Hall–Kier alpha value is -1.44. The third kappa shape index (κ3) is 5.28. The van der Waals surface area contributed by atoms with Gasteiger partial charge in [0.15, 0.2) is 5.16 Å². The van der Waals surface area contributed by atoms with E-state index < -0.39 is 0 Å². The standard InChI is InChI=1S/C17H23Cl2N5OS/c1-11(2)24-16(23(3)4)21-22-17(24)26-10-14(25)20-9-8-12-6-5-7-13(18)15(12)19/h5-7,11H,8-10H2,1-4H3,(H,20,25). The van der Waals surface area contributed by atoms with Gasteiger partial charge in [-0.3, -0.25) is 9.36 Å². The van der Waals surface area contributed by atoms with Gasteiger partial charge in [-0.2, -0.15) is 0 Å². The van der Waals surface area contributed by atoms with Crippen molar-refractivity contribution in [3.8, 4) is 0 Å². The maximum atomic E-state index is 12.1. The van der Waals surface area contributed by atoms with Crippen LogP contribution < -0.4 is 10.2 Å². The highest BCUT2D eigenvalue weighted by atomic mass is 35.5. The van der Waals surface area contributed by atoms with Gasteiger partial charge in [-0.25, -0.2) is 0 Å². The Bertz CT molecular complexity index is 764. The van der Waals surface area contributed by atoms with Crippen molar-refractivity contribution in [1.82, 2.24) is 20.1 Å². The Balaban J connectivity index is 1.87. The van der Waals surface area contributed by atoms with Crippen LogP contribution in [0.25, 0.3) is 0 Å². The fourth-order valence-electron chi connectivity index (χ4n) is 2.38. The quantitative estimate of drug-likeness (QED) is 0.666. The number of nitrogens with one attached hydrogen (secondary N) is 1. The lowest BCUT2D eigenvalue weighted by Gasteiger charge is -2.17. The first kappa shape index (κ1) is 20.9. The molecular formula is C17H23Cl2N5OS. The predicted molar refractivity (Wildman–Crippen MR) is 109 cm³/mol. The lowest BCUT2D eigenvalue weighted by Crippen LogP contribution is -2.27. The lowest BCUT2D eigenvalue weighted by atomic mass is 10.1. The highest BCUT2D eigenvalue weighted by Crippen LogP contribution is 2.26. The molecule has 0 unspecified atom stereocenters. The van der Waals surface area contributed by atoms with E-state index in [1.165, 1.54) is 11.8 Å². The summed E-state index contributed by atoms with van der Waals surface area (Å²) in [5, 5.41) is 13.1. The molecular weight excluding hydrogens is 393 g/mol. The minimum atomic E-state index is -0.0575. The molecule has 0 aliphatic heterocycles. The van der Waals surface area contributed by atoms with E-state index in [-0.39, 0.29) is 17.7 Å². The van der Waals surface area contributed by atoms with Crippen molar-refractivity contribution in [3.05, 3.63) is 33.8 Å². The van der Waals surface area contributed by atoms with E-state index in [4.69, 9.17) is 23.2 Å². The molecule has 6 nitrogen and oxygen atoms in total. The molecule has 142 valence electrons. The number of hydrogen-bond donors (Lipinski definition) is 1. The largest absolute Gasteiger partial charge is 0.355 e. The Morgan fingerprint density at radius 3 is 2.69 bits per heavy atom. The van der Waals surface area contributed by atoms with Crippen molar-refractivity contribution in [3.63, 3.8) is 0 Å². The second-order valence-corrected chi connectivity index (χ2v) is 7.97. The van der Waals surface area contributed by atoms with Gasteiger partial charge >= 0.3 is 0 Å². The summed E-state index contributed by atoms with van der Waals surface area (Å²) in [6.45, 7) is 4.63. The first-order chi connectivity index (χ1) is 12.3. The number of thioether (sulfide) groups is 1. The van der Waals surface area contributed by atoms with Gasteiger partial charge in [0, 0.05) is 26.7 Å². The molecule has 0 atom stereocenters. The van der Waals surface area contributed by atoms with Crippen molar-refractivity contribution in [2.24, 2.45) is 0 Å². The molecule has 1 heterocycles. The molecule has 1 N–H and O–H groups in total. The van der Waals surface area contributed by atoms with E-state index in [1.54, 1.807) is 6.07 Å². The van der Waals surface area contributed by atoms with Crippen LogP contribution in [-0.4, -0.2) is 47.1 Å². The number of anilines is 1. The number of benzene rings is 1. The fraction of sp³-hybridized carbons (Fsp3) is 0.471. The normalized spacial score (nSPS) is 11.0. The third-order valence-corrected chi connectivity index (χ3v) is 5.44. The van der Waals surface area contributed by atoms with Gasteiger partial charge < -0.3 is 10.2 Å². The minimum absolute atomic E-state index is 0.0575. The van der Waals surface area contributed by atoms with Crippen LogP contribution in [0.1, 0.15) is 25.5 Å². The van der Waals surface area contributed by atoms with Crippen LogP contribution in [0.4, 0.5) is 5.95 Å². The smallest absolute Gasteiger partial charge is 0.230 e. The van der Waals surface area contributed by atoms with Crippen molar-refractivity contribution in [2.45, 2.75) is 31.5 Å². The van der Waals surface area contributed by atoms with E-state index >= 15 is 0 Å². The van der Waals surface area contributed by atoms with Crippen molar-refractivity contribution >= 4 is 46.8 Å². The molecule has 26 heavy (non-hydrogen) atoms.